The fraction of sp³-hybridized carbons (Fsp3) is 0.562. The minimum atomic E-state index is 0.411. The molecule has 0 radical (unpaired) electrons. The van der Waals surface area contributed by atoms with Crippen molar-refractivity contribution in [1.82, 2.24) is 4.98 Å². The number of aromatic nitrogens is 1. The number of nitrogens with one attached hydrogen (secondary N) is 1. The molecule has 0 bridgehead atoms. The Morgan fingerprint density at radius 2 is 1.89 bits per heavy atom. The molecule has 0 aliphatic rings. The van der Waals surface area contributed by atoms with Crippen molar-refractivity contribution in [3.63, 3.8) is 0 Å². The Morgan fingerprint density at radius 3 is 2.22 bits per heavy atom. The Hall–Kier alpha value is -1.31. The van der Waals surface area contributed by atoms with Gasteiger partial charge in [-0.1, -0.05) is 39.0 Å². The summed E-state index contributed by atoms with van der Waals surface area (Å²) in [5.74, 6) is 0.933. The largest absolute Gasteiger partial charge is 0.373 e. The molecule has 1 heterocycles. The molecule has 0 amide bonds. The van der Waals surface area contributed by atoms with Gasteiger partial charge in [0.05, 0.1) is 0 Å². The zero-order valence-electron chi connectivity index (χ0n) is 13.0. The van der Waals surface area contributed by atoms with Gasteiger partial charge in [-0.2, -0.15) is 0 Å². The van der Waals surface area contributed by atoms with Crippen LogP contribution in [-0.4, -0.2) is 12.0 Å². The molecular formula is C16H28N2. The molecule has 0 saturated heterocycles. The topological polar surface area (TPSA) is 24.9 Å². The molecule has 2 nitrogen and oxygen atoms in total. The van der Waals surface area contributed by atoms with E-state index in [1.165, 1.54) is 12.0 Å². The number of rotatable bonds is 3. The summed E-state index contributed by atoms with van der Waals surface area (Å²) in [6.07, 6.45) is 5.58. The fourth-order valence-corrected chi connectivity index (χ4v) is 1.34. The van der Waals surface area contributed by atoms with Crippen LogP contribution in [0.1, 0.15) is 45.4 Å². The minimum absolute atomic E-state index is 0.411. The number of nitrogens with zero attached hydrogens (tertiary/aromatic N) is 1. The normalized spacial score (nSPS) is 11.1. The summed E-state index contributed by atoms with van der Waals surface area (Å²) in [4.78, 5) is 4.28. The zero-order valence-corrected chi connectivity index (χ0v) is 13.0. The van der Waals surface area contributed by atoms with Gasteiger partial charge in [-0.05, 0) is 44.2 Å². The van der Waals surface area contributed by atoms with Gasteiger partial charge in [0.2, 0.25) is 0 Å². The van der Waals surface area contributed by atoms with E-state index in [1.807, 2.05) is 20.0 Å². The Morgan fingerprint density at radius 1 is 1.28 bits per heavy atom. The van der Waals surface area contributed by atoms with Crippen molar-refractivity contribution in [1.29, 1.82) is 0 Å². The molecule has 1 rings (SSSR count). The van der Waals surface area contributed by atoms with Crippen molar-refractivity contribution in [2.75, 3.05) is 12.4 Å². The lowest BCUT2D eigenvalue weighted by Crippen LogP contribution is -2.03. The monoisotopic (exact) mass is 248 g/mol. The maximum Gasteiger partial charge on any atom is 0.125 e. The second-order valence-electron chi connectivity index (χ2n) is 5.19. The first-order valence-corrected chi connectivity index (χ1v) is 6.62. The Bertz CT molecular complexity index is 379. The molecule has 18 heavy (non-hydrogen) atoms. The molecule has 1 N–H and O–H groups in total. The minimum Gasteiger partial charge on any atom is -0.373 e. The van der Waals surface area contributed by atoms with Crippen molar-refractivity contribution >= 4 is 5.82 Å². The standard InChI is InChI=1S/C8H12N2.C8H16/c1-6-4-5-8(9-3)10-7(6)2;1-5-7-8(3,4)6-2/h4-5H,1-3H3,(H,9,10);5,7H,6H2,1-4H3/b;7-5+. The second kappa shape index (κ2) is 7.91. The van der Waals surface area contributed by atoms with Gasteiger partial charge in [-0.15, -0.1) is 0 Å². The van der Waals surface area contributed by atoms with Crippen molar-refractivity contribution in [2.24, 2.45) is 5.41 Å². The van der Waals surface area contributed by atoms with Gasteiger partial charge in [-0.25, -0.2) is 4.98 Å². The molecule has 1 aromatic heterocycles. The molecule has 0 aliphatic heterocycles. The second-order valence-corrected chi connectivity index (χ2v) is 5.19. The lowest BCUT2D eigenvalue weighted by atomic mass is 9.90. The van der Waals surface area contributed by atoms with Gasteiger partial charge in [0.1, 0.15) is 5.82 Å². The number of hydrogen-bond donors (Lipinski definition) is 1. The van der Waals surface area contributed by atoms with Crippen LogP contribution < -0.4 is 5.32 Å². The van der Waals surface area contributed by atoms with Crippen molar-refractivity contribution in [3.8, 4) is 0 Å². The molecule has 1 aromatic rings. The third-order valence-corrected chi connectivity index (χ3v) is 3.14. The van der Waals surface area contributed by atoms with Crippen LogP contribution in [0.2, 0.25) is 0 Å². The van der Waals surface area contributed by atoms with E-state index in [4.69, 9.17) is 0 Å². The highest BCUT2D eigenvalue weighted by atomic mass is 15.0. The van der Waals surface area contributed by atoms with Crippen molar-refractivity contribution in [3.05, 3.63) is 35.5 Å². The molecule has 0 unspecified atom stereocenters. The summed E-state index contributed by atoms with van der Waals surface area (Å²) in [5.41, 5.74) is 2.74. The zero-order chi connectivity index (χ0) is 14.2. The number of hydrogen-bond acceptors (Lipinski definition) is 2. The molecule has 0 atom stereocenters. The van der Waals surface area contributed by atoms with E-state index in [-0.39, 0.29) is 0 Å². The highest BCUT2D eigenvalue weighted by molar-refractivity contribution is 5.37. The summed E-state index contributed by atoms with van der Waals surface area (Å²) >= 11 is 0. The van der Waals surface area contributed by atoms with Crippen molar-refractivity contribution < 1.29 is 0 Å². The molecule has 102 valence electrons. The van der Waals surface area contributed by atoms with E-state index in [9.17, 15) is 0 Å². The highest BCUT2D eigenvalue weighted by Crippen LogP contribution is 2.20. The molecule has 0 aromatic carbocycles. The van der Waals surface area contributed by atoms with Crippen LogP contribution in [0.15, 0.2) is 24.3 Å². The SMILES string of the molecule is C/C=C/C(C)(C)CC.CNc1ccc(C)c(C)n1. The van der Waals surface area contributed by atoms with Gasteiger partial charge >= 0.3 is 0 Å². The predicted molar refractivity (Wildman–Crippen MR) is 82.1 cm³/mol. The Kier molecular flexibility index (Phi) is 7.33. The van der Waals surface area contributed by atoms with Crippen LogP contribution in [0.5, 0.6) is 0 Å². The third kappa shape index (κ3) is 6.43. The van der Waals surface area contributed by atoms with Gasteiger partial charge in [0.15, 0.2) is 0 Å². The summed E-state index contributed by atoms with van der Waals surface area (Å²) in [7, 11) is 1.87. The van der Waals surface area contributed by atoms with E-state index >= 15 is 0 Å². The number of aryl methyl sites for hydroxylation is 2. The maximum atomic E-state index is 4.28. The van der Waals surface area contributed by atoms with E-state index in [2.05, 4.69) is 63.1 Å². The summed E-state index contributed by atoms with van der Waals surface area (Å²) in [6.45, 7) is 12.8. The quantitative estimate of drug-likeness (QED) is 0.782. The lowest BCUT2D eigenvalue weighted by molar-refractivity contribution is 0.461. The van der Waals surface area contributed by atoms with Gasteiger partial charge in [0, 0.05) is 12.7 Å². The van der Waals surface area contributed by atoms with Gasteiger partial charge in [-0.3, -0.25) is 0 Å². The molecule has 0 saturated carbocycles. The molecule has 0 spiro atoms. The number of allylic oxidation sites excluding steroid dienone is 2. The van der Waals surface area contributed by atoms with Crippen LogP contribution in [0.25, 0.3) is 0 Å². The average molecular weight is 248 g/mol. The van der Waals surface area contributed by atoms with Crippen LogP contribution in [0, 0.1) is 19.3 Å². The first kappa shape index (κ1) is 16.7. The number of pyridine rings is 1. The summed E-state index contributed by atoms with van der Waals surface area (Å²) < 4.78 is 0. The van der Waals surface area contributed by atoms with E-state index in [1.54, 1.807) is 0 Å². The molecule has 0 aliphatic carbocycles. The first-order valence-electron chi connectivity index (χ1n) is 6.62. The van der Waals surface area contributed by atoms with E-state index in [0.29, 0.717) is 5.41 Å². The van der Waals surface area contributed by atoms with Crippen LogP contribution in [0.4, 0.5) is 5.82 Å². The van der Waals surface area contributed by atoms with Crippen LogP contribution in [0.3, 0.4) is 0 Å². The van der Waals surface area contributed by atoms with Crippen LogP contribution >= 0.6 is 0 Å². The van der Waals surface area contributed by atoms with E-state index < -0.39 is 0 Å². The van der Waals surface area contributed by atoms with Crippen LogP contribution in [-0.2, 0) is 0 Å². The average Bonchev–Trinajstić information content (AvgIpc) is 2.33. The Balaban J connectivity index is 0.000000331. The summed E-state index contributed by atoms with van der Waals surface area (Å²) in [5, 5.41) is 2.98. The number of anilines is 1. The van der Waals surface area contributed by atoms with Gasteiger partial charge < -0.3 is 5.32 Å². The fourth-order valence-electron chi connectivity index (χ4n) is 1.34. The third-order valence-electron chi connectivity index (χ3n) is 3.14. The molecule has 2 heteroatoms. The molecule has 0 fully saturated rings. The lowest BCUT2D eigenvalue weighted by Gasteiger charge is -2.15. The Labute approximate surface area is 113 Å². The molecular weight excluding hydrogens is 220 g/mol. The van der Waals surface area contributed by atoms with Crippen molar-refractivity contribution in [2.45, 2.75) is 48.0 Å². The van der Waals surface area contributed by atoms with Gasteiger partial charge in [0.25, 0.3) is 0 Å². The predicted octanol–water partition coefficient (Wildman–Crippen LogP) is 4.74. The summed E-state index contributed by atoms with van der Waals surface area (Å²) in [6, 6.07) is 4.04. The highest BCUT2D eigenvalue weighted by Gasteiger charge is 2.07. The van der Waals surface area contributed by atoms with E-state index in [0.717, 1.165) is 11.5 Å². The maximum absolute atomic E-state index is 4.28. The smallest absolute Gasteiger partial charge is 0.125 e. The first-order chi connectivity index (χ1) is 8.36.